The number of aliphatic hydroxyl groups is 1. The molecule has 0 bridgehead atoms. The number of ketones is 1. The molecule has 2 aromatic rings. The number of Topliss-reactive ketones (excluding diaryl/α,β-unsaturated/α-hetero) is 1. The predicted octanol–water partition coefficient (Wildman–Crippen LogP) is 3.39. The second-order valence-electron chi connectivity index (χ2n) is 8.20. The number of fused-ring (bicyclic) bond motifs is 2. The van der Waals surface area contributed by atoms with Gasteiger partial charge in [0.2, 0.25) is 5.91 Å². The molecule has 1 amide bonds. The molecule has 2 aliphatic rings. The Morgan fingerprint density at radius 3 is 2.85 bits per heavy atom. The third-order valence-corrected chi connectivity index (χ3v) is 6.51. The van der Waals surface area contributed by atoms with E-state index in [-0.39, 0.29) is 17.6 Å². The number of benzene rings is 1. The number of carbonyl (C=O) groups excluding carboxylic acids is 2. The molecule has 1 N–H and O–H groups in total. The molecule has 1 aromatic carbocycles. The third-order valence-electron chi connectivity index (χ3n) is 6.51. The summed E-state index contributed by atoms with van der Waals surface area (Å²) in [5.41, 5.74) is 1.15. The molecule has 1 aromatic heterocycles. The van der Waals surface area contributed by atoms with Crippen molar-refractivity contribution in [3.8, 4) is 0 Å². The Bertz CT molecular complexity index is 872. The first-order valence-electron chi connectivity index (χ1n) is 10.1. The van der Waals surface area contributed by atoms with Crippen molar-refractivity contribution in [3.63, 3.8) is 0 Å². The maximum atomic E-state index is 12.8. The predicted molar refractivity (Wildman–Crippen MR) is 105 cm³/mol. The Kier molecular flexibility index (Phi) is 4.81. The van der Waals surface area contributed by atoms with Crippen LogP contribution in [-0.4, -0.2) is 45.0 Å². The average molecular weight is 368 g/mol. The van der Waals surface area contributed by atoms with Crippen LogP contribution in [0.3, 0.4) is 0 Å². The molecule has 1 aliphatic heterocycles. The largest absolute Gasteiger partial charge is 0.389 e. The van der Waals surface area contributed by atoms with Crippen LogP contribution in [0.1, 0.15) is 55.8 Å². The molecule has 2 unspecified atom stereocenters. The highest BCUT2D eigenvalue weighted by Crippen LogP contribution is 2.39. The fourth-order valence-corrected chi connectivity index (χ4v) is 4.88. The van der Waals surface area contributed by atoms with E-state index in [0.717, 1.165) is 36.6 Å². The minimum Gasteiger partial charge on any atom is -0.389 e. The van der Waals surface area contributed by atoms with Crippen molar-refractivity contribution in [2.45, 2.75) is 57.6 Å². The third kappa shape index (κ3) is 3.41. The van der Waals surface area contributed by atoms with Crippen molar-refractivity contribution < 1.29 is 14.7 Å². The molecule has 2 fully saturated rings. The van der Waals surface area contributed by atoms with E-state index in [1.807, 2.05) is 39.9 Å². The molecule has 5 nitrogen and oxygen atoms in total. The summed E-state index contributed by atoms with van der Waals surface area (Å²) in [5.74, 6) is 0.411. The van der Waals surface area contributed by atoms with Gasteiger partial charge < -0.3 is 14.6 Å². The number of rotatable bonds is 4. The van der Waals surface area contributed by atoms with Crippen LogP contribution >= 0.6 is 0 Å². The summed E-state index contributed by atoms with van der Waals surface area (Å²) >= 11 is 0. The van der Waals surface area contributed by atoms with Crippen LogP contribution < -0.4 is 0 Å². The van der Waals surface area contributed by atoms with Gasteiger partial charge in [0.05, 0.1) is 5.60 Å². The summed E-state index contributed by atoms with van der Waals surface area (Å²) in [6, 6.07) is 7.84. The van der Waals surface area contributed by atoms with Crippen LogP contribution in [0.2, 0.25) is 0 Å². The number of hydrogen-bond donors (Lipinski definition) is 1. The van der Waals surface area contributed by atoms with Gasteiger partial charge in [0, 0.05) is 54.6 Å². The van der Waals surface area contributed by atoms with Crippen LogP contribution in [0.4, 0.5) is 0 Å². The number of aromatic nitrogens is 1. The van der Waals surface area contributed by atoms with E-state index in [1.54, 1.807) is 6.92 Å². The lowest BCUT2D eigenvalue weighted by Crippen LogP contribution is -2.54. The summed E-state index contributed by atoms with van der Waals surface area (Å²) in [4.78, 5) is 26.6. The van der Waals surface area contributed by atoms with Crippen molar-refractivity contribution in [2.75, 3.05) is 13.1 Å². The Hall–Kier alpha value is -2.14. The smallest absolute Gasteiger partial charge is 0.224 e. The van der Waals surface area contributed by atoms with E-state index in [1.165, 1.54) is 0 Å². The Balaban J connectivity index is 1.44. The van der Waals surface area contributed by atoms with E-state index < -0.39 is 5.60 Å². The van der Waals surface area contributed by atoms with Crippen LogP contribution in [0.15, 0.2) is 30.5 Å². The first-order valence-corrected chi connectivity index (χ1v) is 10.1. The van der Waals surface area contributed by atoms with Gasteiger partial charge in [-0.2, -0.15) is 0 Å². The topological polar surface area (TPSA) is 62.5 Å². The van der Waals surface area contributed by atoms with Crippen molar-refractivity contribution in [2.24, 2.45) is 5.92 Å². The number of piperidine rings is 1. The zero-order chi connectivity index (χ0) is 19.0. The minimum absolute atomic E-state index is 0.0453. The van der Waals surface area contributed by atoms with Crippen LogP contribution in [0.5, 0.6) is 0 Å². The lowest BCUT2D eigenvalue weighted by Gasteiger charge is -2.47. The van der Waals surface area contributed by atoms with Gasteiger partial charge in [0.1, 0.15) is 0 Å². The summed E-state index contributed by atoms with van der Waals surface area (Å²) in [6.45, 7) is 3.48. The molecule has 144 valence electrons. The fourth-order valence-electron chi connectivity index (χ4n) is 4.88. The molecule has 2 heterocycles. The molecule has 5 heteroatoms. The molecule has 0 radical (unpaired) electrons. The van der Waals surface area contributed by atoms with Gasteiger partial charge in [-0.05, 0) is 32.3 Å². The lowest BCUT2D eigenvalue weighted by molar-refractivity contribution is -0.143. The molecule has 4 rings (SSSR count). The molecule has 1 saturated carbocycles. The maximum Gasteiger partial charge on any atom is 0.224 e. The minimum atomic E-state index is -0.554. The van der Waals surface area contributed by atoms with Gasteiger partial charge in [-0.1, -0.05) is 31.0 Å². The fraction of sp³-hybridized carbons (Fsp3) is 0.545. The zero-order valence-corrected chi connectivity index (χ0v) is 16.0. The highest BCUT2D eigenvalue weighted by molar-refractivity contribution is 6.06. The monoisotopic (exact) mass is 368 g/mol. The number of aryl methyl sites for hydroxylation is 1. The number of likely N-dealkylation sites (tertiary alicyclic amines) is 1. The number of carbonyl (C=O) groups is 2. The molecule has 1 aliphatic carbocycles. The lowest BCUT2D eigenvalue weighted by atomic mass is 9.71. The van der Waals surface area contributed by atoms with Gasteiger partial charge in [-0.25, -0.2) is 0 Å². The van der Waals surface area contributed by atoms with Crippen molar-refractivity contribution in [1.82, 2.24) is 9.47 Å². The van der Waals surface area contributed by atoms with E-state index in [0.29, 0.717) is 38.0 Å². The number of amides is 1. The molecular weight excluding hydrogens is 340 g/mol. The Morgan fingerprint density at radius 2 is 2.04 bits per heavy atom. The highest BCUT2D eigenvalue weighted by atomic mass is 16.3. The molecule has 0 spiro atoms. The molecular formula is C22H28N2O3. The van der Waals surface area contributed by atoms with Crippen molar-refractivity contribution in [3.05, 3.63) is 36.0 Å². The highest BCUT2D eigenvalue weighted by Gasteiger charge is 2.43. The van der Waals surface area contributed by atoms with Gasteiger partial charge in [0.25, 0.3) is 0 Å². The zero-order valence-electron chi connectivity index (χ0n) is 16.0. The molecule has 1 saturated heterocycles. The summed E-state index contributed by atoms with van der Waals surface area (Å²) in [7, 11) is 0. The molecule has 2 atom stereocenters. The Morgan fingerprint density at radius 1 is 1.22 bits per heavy atom. The molecule has 27 heavy (non-hydrogen) atoms. The van der Waals surface area contributed by atoms with E-state index >= 15 is 0 Å². The first-order chi connectivity index (χ1) is 13.0. The van der Waals surface area contributed by atoms with Crippen molar-refractivity contribution >= 4 is 22.6 Å². The van der Waals surface area contributed by atoms with Crippen LogP contribution in [0, 0.1) is 5.92 Å². The summed E-state index contributed by atoms with van der Waals surface area (Å²) < 4.78 is 2.02. The second kappa shape index (κ2) is 7.12. The van der Waals surface area contributed by atoms with E-state index in [2.05, 4.69) is 0 Å². The van der Waals surface area contributed by atoms with E-state index in [4.69, 9.17) is 0 Å². The number of nitrogens with zero attached hydrogens (tertiary/aromatic N) is 2. The summed E-state index contributed by atoms with van der Waals surface area (Å²) in [6.07, 6.45) is 7.13. The maximum absolute atomic E-state index is 12.8. The Labute approximate surface area is 160 Å². The normalized spacial score (nSPS) is 25.4. The van der Waals surface area contributed by atoms with E-state index in [9.17, 15) is 14.7 Å². The first kappa shape index (κ1) is 18.2. The quantitative estimate of drug-likeness (QED) is 0.842. The number of hydrogen-bond acceptors (Lipinski definition) is 3. The number of para-hydroxylation sites is 1. The van der Waals surface area contributed by atoms with Crippen molar-refractivity contribution in [1.29, 1.82) is 0 Å². The van der Waals surface area contributed by atoms with Crippen LogP contribution in [0.25, 0.3) is 10.9 Å². The SMILES string of the molecule is CC(=O)c1cn(CCC(=O)N2CCC3(O)CCCCC3C2)c2ccccc12. The van der Waals surface area contributed by atoms with Gasteiger partial charge >= 0.3 is 0 Å². The van der Waals surface area contributed by atoms with Gasteiger partial charge in [0.15, 0.2) is 5.78 Å². The van der Waals surface area contributed by atoms with Gasteiger partial charge in [-0.3, -0.25) is 9.59 Å². The second-order valence-corrected chi connectivity index (χ2v) is 8.20. The standard InChI is InChI=1S/C22H28N2O3/c1-16(25)19-15-23(20-8-3-2-7-18(19)20)12-9-21(26)24-13-11-22(27)10-5-4-6-17(22)14-24/h2-3,7-8,15,17,27H,4-6,9-14H2,1H3. The van der Waals surface area contributed by atoms with Crippen LogP contribution in [-0.2, 0) is 11.3 Å². The average Bonchev–Trinajstić information content (AvgIpc) is 3.04. The summed E-state index contributed by atoms with van der Waals surface area (Å²) in [5, 5.41) is 11.7. The van der Waals surface area contributed by atoms with Gasteiger partial charge in [-0.15, -0.1) is 0 Å².